The van der Waals surface area contributed by atoms with Gasteiger partial charge in [-0.15, -0.1) is 11.3 Å². The smallest absolute Gasteiger partial charge is 0.267 e. The Kier molecular flexibility index (Phi) is 3.77. The summed E-state index contributed by atoms with van der Waals surface area (Å²) in [6.45, 7) is 6.24. The van der Waals surface area contributed by atoms with E-state index >= 15 is 0 Å². The van der Waals surface area contributed by atoms with Crippen LogP contribution in [0.4, 0.5) is 4.39 Å². The Morgan fingerprint density at radius 2 is 1.78 bits per heavy atom. The summed E-state index contributed by atoms with van der Waals surface area (Å²) in [6.07, 6.45) is 5.26. The molecule has 0 saturated heterocycles. The number of halogens is 1. The molecule has 3 rings (SSSR count). The van der Waals surface area contributed by atoms with Gasteiger partial charge in [-0.25, -0.2) is 19.3 Å². The molecule has 0 spiro atoms. The molecule has 0 aromatic carbocycles. The third-order valence-corrected chi connectivity index (χ3v) is 4.50. The van der Waals surface area contributed by atoms with E-state index in [9.17, 15) is 9.18 Å². The van der Waals surface area contributed by atoms with Crippen LogP contribution >= 0.6 is 11.3 Å². The molecule has 8 heteroatoms. The van der Waals surface area contributed by atoms with Crippen LogP contribution in [0.3, 0.4) is 0 Å². The van der Waals surface area contributed by atoms with Gasteiger partial charge in [-0.3, -0.25) is 4.79 Å². The fourth-order valence-electron chi connectivity index (χ4n) is 1.86. The lowest BCUT2D eigenvalue weighted by atomic mass is 9.98. The van der Waals surface area contributed by atoms with E-state index < -0.39 is 5.82 Å². The van der Waals surface area contributed by atoms with E-state index in [0.717, 1.165) is 27.0 Å². The van der Waals surface area contributed by atoms with Crippen molar-refractivity contribution in [3.8, 4) is 16.4 Å². The third kappa shape index (κ3) is 3.16. The van der Waals surface area contributed by atoms with Crippen LogP contribution in [-0.4, -0.2) is 24.7 Å². The molecule has 0 aliphatic heterocycles. The first-order valence-electron chi connectivity index (χ1n) is 6.88. The zero-order valence-corrected chi connectivity index (χ0v) is 13.6. The van der Waals surface area contributed by atoms with Crippen LogP contribution in [0.15, 0.2) is 35.6 Å². The molecule has 0 fully saturated rings. The maximum absolute atomic E-state index is 12.8. The highest BCUT2D eigenvalue weighted by Crippen LogP contribution is 2.31. The molecule has 0 N–H and O–H groups in total. The van der Waals surface area contributed by atoms with Gasteiger partial charge in [-0.1, -0.05) is 20.8 Å². The number of nitrogens with zero attached hydrogens (tertiary/aromatic N) is 5. The average Bonchev–Trinajstić information content (AvgIpc) is 2.98. The molecule has 0 aliphatic rings. The van der Waals surface area contributed by atoms with Crippen molar-refractivity contribution in [3.05, 3.63) is 52.0 Å². The average molecular weight is 331 g/mol. The second-order valence-electron chi connectivity index (χ2n) is 5.98. The molecule has 3 heterocycles. The first-order valence-corrected chi connectivity index (χ1v) is 7.70. The zero-order valence-electron chi connectivity index (χ0n) is 12.8. The number of rotatable bonds is 2. The third-order valence-electron chi connectivity index (χ3n) is 3.03. The maximum atomic E-state index is 12.8. The molecular weight excluding hydrogens is 317 g/mol. The summed E-state index contributed by atoms with van der Waals surface area (Å²) in [7, 11) is 0. The van der Waals surface area contributed by atoms with E-state index in [1.807, 2.05) is 0 Å². The van der Waals surface area contributed by atoms with E-state index in [0.29, 0.717) is 5.56 Å². The lowest BCUT2D eigenvalue weighted by molar-refractivity contribution is 0.585. The summed E-state index contributed by atoms with van der Waals surface area (Å²) in [6, 6.07) is 1.44. The Balaban J connectivity index is 1.98. The van der Waals surface area contributed by atoms with Gasteiger partial charge in [0.1, 0.15) is 0 Å². The number of thiazole rings is 1. The van der Waals surface area contributed by atoms with E-state index in [2.05, 4.69) is 40.8 Å². The molecule has 0 bridgehead atoms. The van der Waals surface area contributed by atoms with Crippen molar-refractivity contribution in [2.75, 3.05) is 0 Å². The predicted molar refractivity (Wildman–Crippen MR) is 85.2 cm³/mol. The maximum Gasteiger partial charge on any atom is 0.274 e. The molecule has 6 nitrogen and oxygen atoms in total. The van der Waals surface area contributed by atoms with Crippen LogP contribution in [0.5, 0.6) is 0 Å². The van der Waals surface area contributed by atoms with Crippen LogP contribution < -0.4 is 5.56 Å². The largest absolute Gasteiger partial charge is 0.274 e. The van der Waals surface area contributed by atoms with Gasteiger partial charge >= 0.3 is 0 Å². The first-order chi connectivity index (χ1) is 10.8. The van der Waals surface area contributed by atoms with Crippen LogP contribution in [0.1, 0.15) is 25.8 Å². The van der Waals surface area contributed by atoms with Crippen molar-refractivity contribution in [2.24, 2.45) is 0 Å². The molecular formula is C15H14FN5OS. The first kappa shape index (κ1) is 15.4. The van der Waals surface area contributed by atoms with Gasteiger partial charge in [0.15, 0.2) is 5.82 Å². The summed E-state index contributed by atoms with van der Waals surface area (Å²) < 4.78 is 13.9. The van der Waals surface area contributed by atoms with Crippen molar-refractivity contribution in [2.45, 2.75) is 26.2 Å². The van der Waals surface area contributed by atoms with Crippen molar-refractivity contribution < 1.29 is 4.39 Å². The fourth-order valence-corrected chi connectivity index (χ4v) is 2.82. The Labute approximate surface area is 135 Å². The Morgan fingerprint density at radius 1 is 1.09 bits per heavy atom. The quantitative estimate of drug-likeness (QED) is 0.721. The van der Waals surface area contributed by atoms with Crippen molar-refractivity contribution >= 4 is 11.3 Å². The normalized spacial score (nSPS) is 11.7. The SMILES string of the molecule is CC(C)(C)c1ncc(-c2cnn(-c3ncc(F)cn3)c(=O)c2)s1. The molecule has 0 radical (unpaired) electrons. The molecule has 0 saturated carbocycles. The second kappa shape index (κ2) is 5.62. The standard InChI is InChI=1S/C15H14FN5OS/c1-15(2,3)13-17-8-11(23-13)9-4-12(22)21(20-5-9)14-18-6-10(16)7-19-14/h4-8H,1-3H3. The zero-order chi connectivity index (χ0) is 16.6. The number of hydrogen-bond donors (Lipinski definition) is 0. The highest BCUT2D eigenvalue weighted by molar-refractivity contribution is 7.15. The monoisotopic (exact) mass is 331 g/mol. The van der Waals surface area contributed by atoms with Crippen molar-refractivity contribution in [3.63, 3.8) is 0 Å². The highest BCUT2D eigenvalue weighted by atomic mass is 32.1. The van der Waals surface area contributed by atoms with Crippen molar-refractivity contribution in [1.29, 1.82) is 0 Å². The van der Waals surface area contributed by atoms with Gasteiger partial charge in [-0.05, 0) is 0 Å². The highest BCUT2D eigenvalue weighted by Gasteiger charge is 2.19. The Hall–Kier alpha value is -2.48. The summed E-state index contributed by atoms with van der Waals surface area (Å²) in [5.74, 6) is -0.541. The summed E-state index contributed by atoms with van der Waals surface area (Å²) >= 11 is 1.53. The van der Waals surface area contributed by atoms with E-state index in [1.165, 1.54) is 17.4 Å². The van der Waals surface area contributed by atoms with Crippen LogP contribution in [0, 0.1) is 5.82 Å². The summed E-state index contributed by atoms with van der Waals surface area (Å²) in [5.41, 5.74) is 0.244. The second-order valence-corrected chi connectivity index (χ2v) is 7.01. The van der Waals surface area contributed by atoms with Gasteiger partial charge in [0.05, 0.1) is 28.5 Å². The van der Waals surface area contributed by atoms with Gasteiger partial charge in [0.2, 0.25) is 0 Å². The molecule has 118 valence electrons. The summed E-state index contributed by atoms with van der Waals surface area (Å²) in [5, 5.41) is 5.05. The lowest BCUT2D eigenvalue weighted by Crippen LogP contribution is -2.22. The van der Waals surface area contributed by atoms with E-state index in [-0.39, 0.29) is 16.9 Å². The summed E-state index contributed by atoms with van der Waals surface area (Å²) in [4.78, 5) is 25.0. The molecule has 3 aromatic heterocycles. The Morgan fingerprint density at radius 3 is 2.35 bits per heavy atom. The number of hydrogen-bond acceptors (Lipinski definition) is 6. The molecule has 0 atom stereocenters. The van der Waals surface area contributed by atoms with E-state index in [1.54, 1.807) is 12.4 Å². The fraction of sp³-hybridized carbons (Fsp3) is 0.267. The predicted octanol–water partition coefficient (Wildman–Crippen LogP) is 2.58. The van der Waals surface area contributed by atoms with Gasteiger partial charge < -0.3 is 0 Å². The van der Waals surface area contributed by atoms with Crippen LogP contribution in [0.25, 0.3) is 16.4 Å². The van der Waals surface area contributed by atoms with Gasteiger partial charge in [0.25, 0.3) is 11.5 Å². The van der Waals surface area contributed by atoms with E-state index in [4.69, 9.17) is 0 Å². The van der Waals surface area contributed by atoms with Crippen LogP contribution in [0.2, 0.25) is 0 Å². The number of aromatic nitrogens is 5. The topological polar surface area (TPSA) is 73.6 Å². The van der Waals surface area contributed by atoms with Gasteiger partial charge in [-0.2, -0.15) is 9.78 Å². The van der Waals surface area contributed by atoms with Crippen LogP contribution in [-0.2, 0) is 5.41 Å². The lowest BCUT2D eigenvalue weighted by Gasteiger charge is -2.13. The molecule has 0 unspecified atom stereocenters. The molecule has 0 amide bonds. The molecule has 23 heavy (non-hydrogen) atoms. The minimum absolute atomic E-state index is 0.0302. The molecule has 3 aromatic rings. The molecule has 0 aliphatic carbocycles. The van der Waals surface area contributed by atoms with Gasteiger partial charge in [0, 0.05) is 23.2 Å². The minimum Gasteiger partial charge on any atom is -0.267 e. The minimum atomic E-state index is -0.571. The van der Waals surface area contributed by atoms with Crippen molar-refractivity contribution in [1.82, 2.24) is 24.7 Å². The Bertz CT molecular complexity index is 895.